The van der Waals surface area contributed by atoms with E-state index >= 15 is 0 Å². The molecule has 0 bridgehead atoms. The molecular weight excluding hydrogens is 264 g/mol. The van der Waals surface area contributed by atoms with E-state index in [-0.39, 0.29) is 11.9 Å². The number of nitrogens with one attached hydrogen (secondary N) is 2. The van der Waals surface area contributed by atoms with Crippen LogP contribution in [-0.2, 0) is 4.79 Å². The predicted molar refractivity (Wildman–Crippen MR) is 88.5 cm³/mol. The normalized spacial score (nSPS) is 21.0. The zero-order chi connectivity index (χ0) is 15.7. The number of rotatable bonds is 6. The maximum absolute atomic E-state index is 11.8. The Kier molecular flexibility index (Phi) is 8.16. The molecule has 1 saturated heterocycles. The third kappa shape index (κ3) is 6.82. The molecule has 2 atom stereocenters. The number of guanidine groups is 1. The SMILES string of the molecule is CCNC(=NCCC(=O)NC(C)CC)N1CCCC(C)C1. The lowest BCUT2D eigenvalue weighted by atomic mass is 10.0. The van der Waals surface area contributed by atoms with E-state index in [9.17, 15) is 4.79 Å². The zero-order valence-electron chi connectivity index (χ0n) is 14.1. The highest BCUT2D eigenvalue weighted by atomic mass is 16.1. The minimum Gasteiger partial charge on any atom is -0.357 e. The number of amides is 1. The van der Waals surface area contributed by atoms with Gasteiger partial charge in [-0.1, -0.05) is 13.8 Å². The van der Waals surface area contributed by atoms with E-state index in [0.717, 1.165) is 37.9 Å². The fraction of sp³-hybridized carbons (Fsp3) is 0.875. The lowest BCUT2D eigenvalue weighted by Crippen LogP contribution is -2.46. The van der Waals surface area contributed by atoms with E-state index in [4.69, 9.17) is 0 Å². The summed E-state index contributed by atoms with van der Waals surface area (Å²) in [7, 11) is 0. The number of nitrogens with zero attached hydrogens (tertiary/aromatic N) is 2. The quantitative estimate of drug-likeness (QED) is 0.582. The second-order valence-corrected chi connectivity index (χ2v) is 6.06. The van der Waals surface area contributed by atoms with Crippen molar-refractivity contribution in [3.05, 3.63) is 0 Å². The van der Waals surface area contributed by atoms with Gasteiger partial charge in [-0.05, 0) is 39.0 Å². The largest absolute Gasteiger partial charge is 0.357 e. The van der Waals surface area contributed by atoms with Crippen LogP contribution in [0.1, 0.15) is 53.4 Å². The Bertz CT molecular complexity index is 343. The molecule has 0 aromatic carbocycles. The van der Waals surface area contributed by atoms with Crippen molar-refractivity contribution in [2.75, 3.05) is 26.2 Å². The fourth-order valence-electron chi connectivity index (χ4n) is 2.52. The summed E-state index contributed by atoms with van der Waals surface area (Å²) in [4.78, 5) is 18.7. The van der Waals surface area contributed by atoms with Crippen LogP contribution in [0.25, 0.3) is 0 Å². The average Bonchev–Trinajstić information content (AvgIpc) is 2.46. The van der Waals surface area contributed by atoms with Crippen molar-refractivity contribution in [3.63, 3.8) is 0 Å². The van der Waals surface area contributed by atoms with E-state index in [1.165, 1.54) is 12.8 Å². The van der Waals surface area contributed by atoms with Gasteiger partial charge in [-0.15, -0.1) is 0 Å². The standard InChI is InChI=1S/C16H32N4O/c1-5-14(4)19-15(21)9-10-18-16(17-6-2)20-11-7-8-13(3)12-20/h13-14H,5-12H2,1-4H3,(H,17,18)(H,19,21). The second-order valence-electron chi connectivity index (χ2n) is 6.06. The topological polar surface area (TPSA) is 56.7 Å². The number of likely N-dealkylation sites (tertiary alicyclic amines) is 1. The Hall–Kier alpha value is -1.26. The molecule has 0 radical (unpaired) electrons. The third-order valence-electron chi connectivity index (χ3n) is 3.91. The summed E-state index contributed by atoms with van der Waals surface area (Å²) < 4.78 is 0. The lowest BCUT2D eigenvalue weighted by Gasteiger charge is -2.33. The zero-order valence-corrected chi connectivity index (χ0v) is 14.1. The van der Waals surface area contributed by atoms with Gasteiger partial charge in [-0.3, -0.25) is 9.79 Å². The van der Waals surface area contributed by atoms with Crippen LogP contribution in [0.5, 0.6) is 0 Å². The van der Waals surface area contributed by atoms with Gasteiger partial charge in [0.05, 0.1) is 6.54 Å². The summed E-state index contributed by atoms with van der Waals surface area (Å²) in [5.74, 6) is 1.77. The van der Waals surface area contributed by atoms with Crippen LogP contribution in [0, 0.1) is 5.92 Å². The Morgan fingerprint density at radius 2 is 2.19 bits per heavy atom. The number of aliphatic imine (C=N–C) groups is 1. The van der Waals surface area contributed by atoms with Gasteiger partial charge < -0.3 is 15.5 Å². The molecular formula is C16H32N4O. The van der Waals surface area contributed by atoms with Crippen LogP contribution in [0.2, 0.25) is 0 Å². The van der Waals surface area contributed by atoms with Crippen LogP contribution in [-0.4, -0.2) is 49.0 Å². The van der Waals surface area contributed by atoms with Crippen molar-refractivity contribution in [3.8, 4) is 0 Å². The fourth-order valence-corrected chi connectivity index (χ4v) is 2.52. The maximum Gasteiger partial charge on any atom is 0.222 e. The van der Waals surface area contributed by atoms with Gasteiger partial charge in [-0.25, -0.2) is 0 Å². The molecule has 1 rings (SSSR count). The minimum absolute atomic E-state index is 0.0935. The number of piperidine rings is 1. The number of hydrogen-bond donors (Lipinski definition) is 2. The van der Waals surface area contributed by atoms with E-state index < -0.39 is 0 Å². The van der Waals surface area contributed by atoms with Gasteiger partial charge in [0.1, 0.15) is 0 Å². The van der Waals surface area contributed by atoms with Crippen molar-refractivity contribution in [1.29, 1.82) is 0 Å². The van der Waals surface area contributed by atoms with Crippen LogP contribution >= 0.6 is 0 Å². The predicted octanol–water partition coefficient (Wildman–Crippen LogP) is 1.99. The lowest BCUT2D eigenvalue weighted by molar-refractivity contribution is -0.121. The molecule has 2 N–H and O–H groups in total. The van der Waals surface area contributed by atoms with E-state index in [1.54, 1.807) is 0 Å². The summed E-state index contributed by atoms with van der Waals surface area (Å²) in [5.41, 5.74) is 0. The van der Waals surface area contributed by atoms with Crippen LogP contribution in [0.15, 0.2) is 4.99 Å². The molecule has 21 heavy (non-hydrogen) atoms. The average molecular weight is 296 g/mol. The number of carbonyl (C=O) groups excluding carboxylic acids is 1. The first kappa shape index (κ1) is 17.8. The van der Waals surface area contributed by atoms with Crippen LogP contribution < -0.4 is 10.6 Å². The molecule has 0 aromatic rings. The number of hydrogen-bond acceptors (Lipinski definition) is 2. The molecule has 0 saturated carbocycles. The minimum atomic E-state index is 0.0935. The van der Waals surface area contributed by atoms with Gasteiger partial charge in [0, 0.05) is 32.1 Å². The van der Waals surface area contributed by atoms with Crippen molar-refractivity contribution in [2.45, 2.75) is 59.4 Å². The van der Waals surface area contributed by atoms with Crippen molar-refractivity contribution < 1.29 is 4.79 Å². The Labute approximate surface area is 129 Å². The highest BCUT2D eigenvalue weighted by Gasteiger charge is 2.19. The second kappa shape index (κ2) is 9.64. The maximum atomic E-state index is 11.8. The molecule has 0 aromatic heterocycles. The molecule has 5 nitrogen and oxygen atoms in total. The first-order valence-electron chi connectivity index (χ1n) is 8.39. The molecule has 1 fully saturated rings. The monoisotopic (exact) mass is 296 g/mol. The van der Waals surface area contributed by atoms with Gasteiger partial charge in [0.25, 0.3) is 0 Å². The van der Waals surface area contributed by atoms with Gasteiger partial charge in [0.2, 0.25) is 5.91 Å². The van der Waals surface area contributed by atoms with Gasteiger partial charge in [-0.2, -0.15) is 0 Å². The van der Waals surface area contributed by atoms with Crippen molar-refractivity contribution >= 4 is 11.9 Å². The summed E-state index contributed by atoms with van der Waals surface area (Å²) in [5, 5.41) is 6.32. The highest BCUT2D eigenvalue weighted by Crippen LogP contribution is 2.15. The molecule has 5 heteroatoms. The first-order chi connectivity index (χ1) is 10.1. The molecule has 0 spiro atoms. The number of carbonyl (C=O) groups is 1. The highest BCUT2D eigenvalue weighted by molar-refractivity contribution is 5.81. The molecule has 122 valence electrons. The van der Waals surface area contributed by atoms with Crippen LogP contribution in [0.3, 0.4) is 0 Å². The molecule has 0 aliphatic carbocycles. The summed E-state index contributed by atoms with van der Waals surface area (Å²) in [6.07, 6.45) is 3.94. The molecule has 1 heterocycles. The summed E-state index contributed by atoms with van der Waals surface area (Å²) in [6.45, 7) is 12.0. The molecule has 1 amide bonds. The third-order valence-corrected chi connectivity index (χ3v) is 3.91. The Morgan fingerprint density at radius 1 is 1.43 bits per heavy atom. The summed E-state index contributed by atoms with van der Waals surface area (Å²) >= 11 is 0. The Morgan fingerprint density at radius 3 is 2.81 bits per heavy atom. The van der Waals surface area contributed by atoms with E-state index in [1.807, 2.05) is 6.92 Å². The smallest absolute Gasteiger partial charge is 0.222 e. The first-order valence-corrected chi connectivity index (χ1v) is 8.39. The van der Waals surface area contributed by atoms with Crippen LogP contribution in [0.4, 0.5) is 0 Å². The van der Waals surface area contributed by atoms with Gasteiger partial charge >= 0.3 is 0 Å². The summed E-state index contributed by atoms with van der Waals surface area (Å²) in [6, 6.07) is 0.248. The Balaban J connectivity index is 2.46. The van der Waals surface area contributed by atoms with Gasteiger partial charge in [0.15, 0.2) is 5.96 Å². The van der Waals surface area contributed by atoms with E-state index in [2.05, 4.69) is 41.3 Å². The van der Waals surface area contributed by atoms with Crippen molar-refractivity contribution in [2.24, 2.45) is 10.9 Å². The molecule has 1 aliphatic rings. The molecule has 2 unspecified atom stereocenters. The van der Waals surface area contributed by atoms with Crippen molar-refractivity contribution in [1.82, 2.24) is 15.5 Å². The molecule has 1 aliphatic heterocycles. The van der Waals surface area contributed by atoms with E-state index in [0.29, 0.717) is 13.0 Å².